The molecule has 1 N–H and O–H groups in total. The summed E-state index contributed by atoms with van der Waals surface area (Å²) >= 11 is 0. The Morgan fingerprint density at radius 2 is 1.65 bits per heavy atom. The fraction of sp³-hybridized carbons (Fsp3) is 0. The number of hydrogen-bond donors (Lipinski definition) is 1. The van der Waals surface area contributed by atoms with Crippen molar-refractivity contribution in [2.24, 2.45) is 0 Å². The topological polar surface area (TPSA) is 121 Å². The van der Waals surface area contributed by atoms with Gasteiger partial charge in [-0.3, -0.25) is 4.55 Å². The molecule has 0 spiro atoms. The Morgan fingerprint density at radius 1 is 1.18 bits per heavy atom. The fourth-order valence-electron chi connectivity index (χ4n) is 0.980. The van der Waals surface area contributed by atoms with E-state index >= 15 is 0 Å². The number of carboxylic acids is 1. The molecule has 0 heterocycles. The number of rotatable bonds is 3. The summed E-state index contributed by atoms with van der Waals surface area (Å²) in [6, 6.07) is 4.68. The Hall–Kier alpha value is -0.930. The van der Waals surface area contributed by atoms with E-state index in [-0.39, 0.29) is 29.6 Å². The number of benzene rings is 1. The molecule has 0 saturated carbocycles. The minimum absolute atomic E-state index is 0. The molecule has 0 fully saturated rings. The van der Waals surface area contributed by atoms with E-state index in [9.17, 15) is 23.1 Å². The molecule has 7 nitrogen and oxygen atoms in total. The van der Waals surface area contributed by atoms with Gasteiger partial charge in [-0.15, -0.1) is 0 Å². The number of aromatic carboxylic acids is 1. The Morgan fingerprint density at radius 3 is 2.06 bits per heavy atom. The van der Waals surface area contributed by atoms with Crippen molar-refractivity contribution in [2.75, 3.05) is 0 Å². The summed E-state index contributed by atoms with van der Waals surface area (Å²) in [7, 11) is -4.98. The zero-order valence-corrected chi connectivity index (χ0v) is 11.4. The van der Waals surface area contributed by atoms with E-state index in [1.165, 1.54) is 12.1 Å². The standard InChI is InChI=1S/C8H6O7S.Na/c9-7(10)5-3-1-2-4-6(5)8(11)15-16(12,13)14;/h1-4H,(H,9,10)(H,12,13,14);/q;+1/p-1. The van der Waals surface area contributed by atoms with Crippen LogP contribution in [0.4, 0.5) is 0 Å². The van der Waals surface area contributed by atoms with Gasteiger partial charge >= 0.3 is 45.9 Å². The summed E-state index contributed by atoms with van der Waals surface area (Å²) < 4.78 is 32.3. The molecule has 86 valence electrons. The van der Waals surface area contributed by atoms with Gasteiger partial charge in [-0.2, -0.15) is 8.42 Å². The van der Waals surface area contributed by atoms with Crippen LogP contribution in [0, 0.1) is 0 Å². The molecule has 0 bridgehead atoms. The molecule has 0 aliphatic rings. The maximum Gasteiger partial charge on any atom is 1.00 e. The van der Waals surface area contributed by atoms with E-state index in [1.54, 1.807) is 0 Å². The molecule has 1 rings (SSSR count). The third kappa shape index (κ3) is 4.84. The normalized spacial score (nSPS) is 10.2. The molecule has 0 amide bonds. The molecule has 0 radical (unpaired) electrons. The van der Waals surface area contributed by atoms with Gasteiger partial charge in [-0.1, -0.05) is 18.2 Å². The number of carbonyl (C=O) groups excluding carboxylic acids is 2. The van der Waals surface area contributed by atoms with Crippen LogP contribution in [0.2, 0.25) is 0 Å². The van der Waals surface area contributed by atoms with E-state index in [1.807, 2.05) is 0 Å². The molecule has 0 aromatic heterocycles. The van der Waals surface area contributed by atoms with Gasteiger partial charge < -0.3 is 14.1 Å². The predicted molar refractivity (Wildman–Crippen MR) is 47.7 cm³/mol. The van der Waals surface area contributed by atoms with Crippen molar-refractivity contribution >= 4 is 22.3 Å². The Labute approximate surface area is 119 Å². The fourth-order valence-corrected chi connectivity index (χ4v) is 1.26. The number of carbonyl (C=O) groups is 2. The van der Waals surface area contributed by atoms with E-state index in [2.05, 4.69) is 4.18 Å². The molecular weight excluding hydrogens is 263 g/mol. The maximum absolute atomic E-state index is 11.1. The minimum atomic E-state index is -4.98. The van der Waals surface area contributed by atoms with Crippen molar-refractivity contribution in [3.8, 4) is 0 Å². The van der Waals surface area contributed by atoms with Crippen molar-refractivity contribution in [1.29, 1.82) is 0 Å². The monoisotopic (exact) mass is 268 g/mol. The molecule has 17 heavy (non-hydrogen) atoms. The molecular formula is C8H5NaO7S. The Bertz CT molecular complexity index is 537. The minimum Gasteiger partial charge on any atom is -0.545 e. The zero-order valence-electron chi connectivity index (χ0n) is 8.61. The summed E-state index contributed by atoms with van der Waals surface area (Å²) in [5, 5.41) is 10.6. The SMILES string of the molecule is O=C([O-])c1ccccc1C(=O)OS(=O)(=O)O.[Na+]. The smallest absolute Gasteiger partial charge is 0.545 e. The second-order valence-electron chi connectivity index (χ2n) is 2.63. The number of hydrogen-bond acceptors (Lipinski definition) is 6. The molecule has 1 aromatic carbocycles. The number of carboxylic acid groups (broad SMARTS) is 1. The van der Waals surface area contributed by atoms with Gasteiger partial charge in [0.25, 0.3) is 0 Å². The predicted octanol–water partition coefficient (Wildman–Crippen LogP) is -3.99. The first-order valence-electron chi connectivity index (χ1n) is 3.83. The summed E-state index contributed by atoms with van der Waals surface area (Å²) in [6.45, 7) is 0. The maximum atomic E-state index is 11.1. The second kappa shape index (κ2) is 6.12. The van der Waals surface area contributed by atoms with Crippen molar-refractivity contribution in [2.45, 2.75) is 0 Å². The van der Waals surface area contributed by atoms with E-state index in [0.29, 0.717) is 0 Å². The first kappa shape index (κ1) is 16.1. The molecule has 0 unspecified atom stereocenters. The van der Waals surface area contributed by atoms with Crippen LogP contribution in [0.1, 0.15) is 20.7 Å². The van der Waals surface area contributed by atoms with Crippen LogP contribution in [0.3, 0.4) is 0 Å². The third-order valence-electron chi connectivity index (χ3n) is 1.55. The van der Waals surface area contributed by atoms with Crippen LogP contribution < -0.4 is 34.7 Å². The van der Waals surface area contributed by atoms with E-state index < -0.39 is 33.5 Å². The first-order valence-corrected chi connectivity index (χ1v) is 5.19. The Kier molecular flexibility index (Phi) is 5.79. The largest absolute Gasteiger partial charge is 1.00 e. The first-order chi connectivity index (χ1) is 7.31. The average molecular weight is 268 g/mol. The zero-order chi connectivity index (χ0) is 12.3. The van der Waals surface area contributed by atoms with Crippen molar-refractivity contribution in [3.63, 3.8) is 0 Å². The summed E-state index contributed by atoms with van der Waals surface area (Å²) in [6.07, 6.45) is 0. The molecule has 9 heteroatoms. The summed E-state index contributed by atoms with van der Waals surface area (Å²) in [5.41, 5.74) is -1.06. The van der Waals surface area contributed by atoms with Crippen molar-refractivity contribution in [1.82, 2.24) is 0 Å². The van der Waals surface area contributed by atoms with Gasteiger partial charge in [-0.05, 0) is 6.07 Å². The van der Waals surface area contributed by atoms with Gasteiger partial charge in [0, 0.05) is 5.56 Å². The van der Waals surface area contributed by atoms with Gasteiger partial charge in [0.1, 0.15) is 0 Å². The van der Waals surface area contributed by atoms with E-state index in [4.69, 9.17) is 4.55 Å². The van der Waals surface area contributed by atoms with Crippen LogP contribution in [0.25, 0.3) is 0 Å². The molecule has 0 aliphatic carbocycles. The van der Waals surface area contributed by atoms with Crippen LogP contribution >= 0.6 is 0 Å². The third-order valence-corrected chi connectivity index (χ3v) is 1.91. The van der Waals surface area contributed by atoms with Crippen LogP contribution in [0.5, 0.6) is 0 Å². The van der Waals surface area contributed by atoms with Crippen LogP contribution in [0.15, 0.2) is 24.3 Å². The van der Waals surface area contributed by atoms with Gasteiger partial charge in [-0.25, -0.2) is 4.79 Å². The van der Waals surface area contributed by atoms with Crippen molar-refractivity contribution < 1.29 is 61.4 Å². The van der Waals surface area contributed by atoms with Gasteiger partial charge in [0.15, 0.2) is 0 Å². The van der Waals surface area contributed by atoms with Gasteiger partial charge in [0.2, 0.25) is 0 Å². The Balaban J connectivity index is 0.00000256. The van der Waals surface area contributed by atoms with E-state index in [0.717, 1.165) is 12.1 Å². The van der Waals surface area contributed by atoms with Crippen molar-refractivity contribution in [3.05, 3.63) is 35.4 Å². The second-order valence-corrected chi connectivity index (χ2v) is 3.65. The molecule has 0 saturated heterocycles. The summed E-state index contributed by atoms with van der Waals surface area (Å²) in [4.78, 5) is 21.7. The van der Waals surface area contributed by atoms with Crippen LogP contribution in [-0.4, -0.2) is 24.9 Å². The molecule has 1 aromatic rings. The summed E-state index contributed by atoms with van der Waals surface area (Å²) in [5.74, 6) is -3.16. The quantitative estimate of drug-likeness (QED) is 0.438. The van der Waals surface area contributed by atoms with Crippen LogP contribution in [-0.2, 0) is 14.6 Å². The van der Waals surface area contributed by atoms with Gasteiger partial charge in [0.05, 0.1) is 11.5 Å². The molecule has 0 atom stereocenters. The molecule has 0 aliphatic heterocycles. The average Bonchev–Trinajstić information content (AvgIpc) is 2.15.